The van der Waals surface area contributed by atoms with Gasteiger partial charge in [-0.2, -0.15) is 0 Å². The van der Waals surface area contributed by atoms with Crippen LogP contribution in [0.1, 0.15) is 23.1 Å². The lowest BCUT2D eigenvalue weighted by molar-refractivity contribution is -0.137. The van der Waals surface area contributed by atoms with Gasteiger partial charge >= 0.3 is 5.97 Å². The predicted octanol–water partition coefficient (Wildman–Crippen LogP) is 0.784. The molecule has 0 fully saturated rings. The number of fused-ring (bicyclic) bond motifs is 1. The monoisotopic (exact) mass is 233 g/mol. The summed E-state index contributed by atoms with van der Waals surface area (Å²) in [7, 11) is 0. The van der Waals surface area contributed by atoms with Crippen LogP contribution in [0, 0.1) is 6.92 Å². The highest BCUT2D eigenvalue weighted by Crippen LogP contribution is 2.11. The molecule has 0 unspecified atom stereocenters. The van der Waals surface area contributed by atoms with Crippen molar-refractivity contribution >= 4 is 17.5 Å². The van der Waals surface area contributed by atoms with Gasteiger partial charge in [-0.1, -0.05) is 0 Å². The summed E-state index contributed by atoms with van der Waals surface area (Å²) in [6, 6.07) is 1.66. The van der Waals surface area contributed by atoms with E-state index in [9.17, 15) is 9.59 Å². The Bertz CT molecular complexity index is 589. The first-order valence-electron chi connectivity index (χ1n) is 5.16. The number of nitrogens with zero attached hydrogens (tertiary/aromatic N) is 3. The molecule has 0 spiro atoms. The van der Waals surface area contributed by atoms with E-state index in [1.54, 1.807) is 32.3 Å². The molecule has 0 aliphatic heterocycles. The summed E-state index contributed by atoms with van der Waals surface area (Å²) < 4.78 is 6.16. The normalized spacial score (nSPS) is 10.5. The SMILES string of the molecule is CCOC(=O)C(=O)c1c(C)nc2ncccn12. The molecule has 88 valence electrons. The fraction of sp³-hybridized carbons (Fsp3) is 0.273. The smallest absolute Gasteiger partial charge is 0.381 e. The van der Waals surface area contributed by atoms with E-state index in [0.29, 0.717) is 11.5 Å². The number of rotatable bonds is 3. The van der Waals surface area contributed by atoms with Gasteiger partial charge in [0.15, 0.2) is 0 Å². The lowest BCUT2D eigenvalue weighted by Crippen LogP contribution is -2.20. The molecule has 2 aromatic rings. The summed E-state index contributed by atoms with van der Waals surface area (Å²) in [6.07, 6.45) is 3.20. The molecular formula is C11H11N3O3. The molecule has 2 aromatic heterocycles. The minimum absolute atomic E-state index is 0.165. The molecule has 0 saturated heterocycles. The van der Waals surface area contributed by atoms with Crippen LogP contribution in [0.15, 0.2) is 18.5 Å². The Morgan fingerprint density at radius 1 is 1.47 bits per heavy atom. The summed E-state index contributed by atoms with van der Waals surface area (Å²) >= 11 is 0. The van der Waals surface area contributed by atoms with Crippen molar-refractivity contribution in [2.24, 2.45) is 0 Å². The van der Waals surface area contributed by atoms with Gasteiger partial charge in [-0.3, -0.25) is 9.20 Å². The number of esters is 1. The number of ether oxygens (including phenoxy) is 1. The third-order valence-corrected chi connectivity index (χ3v) is 2.25. The van der Waals surface area contributed by atoms with Crippen LogP contribution in [0.4, 0.5) is 0 Å². The van der Waals surface area contributed by atoms with Crippen molar-refractivity contribution in [3.8, 4) is 0 Å². The van der Waals surface area contributed by atoms with Gasteiger partial charge in [0.25, 0.3) is 5.78 Å². The number of Topliss-reactive ketones (excluding diaryl/α,β-unsaturated/α-hetero) is 1. The third-order valence-electron chi connectivity index (χ3n) is 2.25. The van der Waals surface area contributed by atoms with Crippen molar-refractivity contribution in [2.45, 2.75) is 13.8 Å². The van der Waals surface area contributed by atoms with E-state index in [1.807, 2.05) is 0 Å². The van der Waals surface area contributed by atoms with Crippen LogP contribution in [0.3, 0.4) is 0 Å². The van der Waals surface area contributed by atoms with Gasteiger partial charge in [0.2, 0.25) is 5.78 Å². The quantitative estimate of drug-likeness (QED) is 0.445. The van der Waals surface area contributed by atoms with Crippen molar-refractivity contribution in [1.29, 1.82) is 0 Å². The standard InChI is InChI=1S/C11H11N3O3/c1-3-17-10(16)9(15)8-7(2)13-11-12-5-4-6-14(8)11/h4-6H,3H2,1-2H3. The Labute approximate surface area is 97.3 Å². The maximum absolute atomic E-state index is 11.9. The van der Waals surface area contributed by atoms with Crippen LogP contribution in [0.2, 0.25) is 0 Å². The van der Waals surface area contributed by atoms with Gasteiger partial charge in [-0.15, -0.1) is 0 Å². The first kappa shape index (κ1) is 11.3. The highest BCUT2D eigenvalue weighted by atomic mass is 16.5. The van der Waals surface area contributed by atoms with Crippen molar-refractivity contribution in [2.75, 3.05) is 6.61 Å². The number of imidazole rings is 1. The number of ketones is 1. The molecule has 0 bridgehead atoms. The van der Waals surface area contributed by atoms with Gasteiger partial charge in [-0.25, -0.2) is 14.8 Å². The van der Waals surface area contributed by atoms with E-state index >= 15 is 0 Å². The van der Waals surface area contributed by atoms with Crippen LogP contribution in [0.5, 0.6) is 0 Å². The molecule has 0 N–H and O–H groups in total. The maximum Gasteiger partial charge on any atom is 0.381 e. The number of hydrogen-bond acceptors (Lipinski definition) is 5. The van der Waals surface area contributed by atoms with E-state index in [-0.39, 0.29) is 12.3 Å². The zero-order valence-corrected chi connectivity index (χ0v) is 9.51. The molecule has 17 heavy (non-hydrogen) atoms. The highest BCUT2D eigenvalue weighted by Gasteiger charge is 2.24. The molecule has 6 nitrogen and oxygen atoms in total. The van der Waals surface area contributed by atoms with Gasteiger partial charge in [0.1, 0.15) is 5.69 Å². The zero-order chi connectivity index (χ0) is 12.4. The van der Waals surface area contributed by atoms with Gasteiger partial charge in [-0.05, 0) is 19.9 Å². The van der Waals surface area contributed by atoms with E-state index < -0.39 is 11.8 Å². The van der Waals surface area contributed by atoms with E-state index in [1.165, 1.54) is 4.40 Å². The Kier molecular flexibility index (Phi) is 2.86. The summed E-state index contributed by atoms with van der Waals surface area (Å²) in [5, 5.41) is 0. The summed E-state index contributed by atoms with van der Waals surface area (Å²) in [6.45, 7) is 3.47. The minimum atomic E-state index is -0.874. The van der Waals surface area contributed by atoms with Crippen LogP contribution in [0.25, 0.3) is 5.78 Å². The molecule has 2 heterocycles. The summed E-state index contributed by atoms with van der Waals surface area (Å²) in [4.78, 5) is 31.4. The molecule has 0 atom stereocenters. The summed E-state index contributed by atoms with van der Waals surface area (Å²) in [5.41, 5.74) is 0.660. The molecule has 0 radical (unpaired) electrons. The largest absolute Gasteiger partial charge is 0.460 e. The number of aryl methyl sites for hydroxylation is 1. The fourth-order valence-electron chi connectivity index (χ4n) is 1.56. The van der Waals surface area contributed by atoms with Crippen molar-refractivity contribution < 1.29 is 14.3 Å². The van der Waals surface area contributed by atoms with Gasteiger partial charge in [0, 0.05) is 12.4 Å². The second-order valence-electron chi connectivity index (χ2n) is 3.39. The van der Waals surface area contributed by atoms with Gasteiger partial charge < -0.3 is 4.74 Å². The van der Waals surface area contributed by atoms with Crippen LogP contribution >= 0.6 is 0 Å². The average Bonchev–Trinajstić information content (AvgIpc) is 2.64. The molecule has 6 heteroatoms. The Morgan fingerprint density at radius 2 is 2.24 bits per heavy atom. The average molecular weight is 233 g/mol. The number of carbonyl (C=O) groups is 2. The van der Waals surface area contributed by atoms with E-state index in [0.717, 1.165) is 0 Å². The molecule has 0 aromatic carbocycles. The molecule has 0 aliphatic carbocycles. The van der Waals surface area contributed by atoms with Crippen LogP contribution in [-0.2, 0) is 9.53 Å². The van der Waals surface area contributed by atoms with Crippen LogP contribution < -0.4 is 0 Å². The molecule has 0 amide bonds. The topological polar surface area (TPSA) is 73.6 Å². The molecule has 0 aliphatic rings. The lowest BCUT2D eigenvalue weighted by Gasteiger charge is -2.01. The second kappa shape index (κ2) is 4.32. The van der Waals surface area contributed by atoms with Crippen molar-refractivity contribution in [1.82, 2.24) is 14.4 Å². The summed E-state index contributed by atoms with van der Waals surface area (Å²) in [5.74, 6) is -1.19. The predicted molar refractivity (Wildman–Crippen MR) is 58.7 cm³/mol. The van der Waals surface area contributed by atoms with E-state index in [4.69, 9.17) is 0 Å². The lowest BCUT2D eigenvalue weighted by atomic mass is 10.2. The van der Waals surface area contributed by atoms with Gasteiger partial charge in [0.05, 0.1) is 12.3 Å². The first-order chi connectivity index (χ1) is 8.15. The Hall–Kier alpha value is -2.24. The van der Waals surface area contributed by atoms with Crippen molar-refractivity contribution in [3.63, 3.8) is 0 Å². The Morgan fingerprint density at radius 3 is 2.94 bits per heavy atom. The van der Waals surface area contributed by atoms with E-state index in [2.05, 4.69) is 14.7 Å². The fourth-order valence-corrected chi connectivity index (χ4v) is 1.56. The molecular weight excluding hydrogens is 222 g/mol. The Balaban J connectivity index is 2.51. The van der Waals surface area contributed by atoms with Crippen LogP contribution in [-0.4, -0.2) is 32.7 Å². The van der Waals surface area contributed by atoms with Crippen molar-refractivity contribution in [3.05, 3.63) is 29.8 Å². The zero-order valence-electron chi connectivity index (χ0n) is 9.51. The minimum Gasteiger partial charge on any atom is -0.460 e. The third kappa shape index (κ3) is 1.89. The molecule has 2 rings (SSSR count). The maximum atomic E-state index is 11.9. The number of carbonyl (C=O) groups excluding carboxylic acids is 2. The number of aromatic nitrogens is 3. The highest BCUT2D eigenvalue weighted by molar-refractivity contribution is 6.40. The molecule has 0 saturated carbocycles. The first-order valence-corrected chi connectivity index (χ1v) is 5.16. The second-order valence-corrected chi connectivity index (χ2v) is 3.39. The number of hydrogen-bond donors (Lipinski definition) is 0.